The van der Waals surface area contributed by atoms with Crippen molar-refractivity contribution in [2.45, 2.75) is 25.1 Å². The Labute approximate surface area is 135 Å². The Hall–Kier alpha value is -0.710. The average molecular weight is 352 g/mol. The van der Waals surface area contributed by atoms with Gasteiger partial charge < -0.3 is 5.11 Å². The van der Waals surface area contributed by atoms with Crippen molar-refractivity contribution in [3.05, 3.63) is 17.4 Å². The summed E-state index contributed by atoms with van der Waals surface area (Å²) in [4.78, 5) is 2.08. The number of aliphatic hydroxyl groups is 1. The van der Waals surface area contributed by atoms with Gasteiger partial charge in [-0.15, -0.1) is 0 Å². The predicted molar refractivity (Wildman–Crippen MR) is 83.8 cm³/mol. The van der Waals surface area contributed by atoms with Gasteiger partial charge in [0.1, 0.15) is 0 Å². The number of aromatic nitrogens is 2. The Balaban J connectivity index is 1.82. The lowest BCUT2D eigenvalue weighted by atomic mass is 10.0. The standard InChI is InChI=1S/C12H22ClN5O3S/c1-16(2)22(20,21)15-11-3-4-17(9-12(11)19)5-6-18-8-10(13)7-14-18/h7-8,11-12,15,19H,3-6,9H2,1-2H3/t11-,12-/m1/s1. The van der Waals surface area contributed by atoms with Gasteiger partial charge in [-0.25, -0.2) is 0 Å². The predicted octanol–water partition coefficient (Wildman–Crippen LogP) is -0.632. The Kier molecular flexibility index (Phi) is 5.81. The number of nitrogens with one attached hydrogen (secondary N) is 1. The van der Waals surface area contributed by atoms with Crippen LogP contribution >= 0.6 is 11.6 Å². The van der Waals surface area contributed by atoms with Gasteiger partial charge in [0.05, 0.1) is 29.9 Å². The summed E-state index contributed by atoms with van der Waals surface area (Å²) < 4.78 is 29.0. The molecule has 0 spiro atoms. The molecule has 1 aliphatic rings. The molecule has 0 aromatic carbocycles. The second kappa shape index (κ2) is 7.24. The van der Waals surface area contributed by atoms with Crippen LogP contribution < -0.4 is 4.72 Å². The smallest absolute Gasteiger partial charge is 0.279 e. The van der Waals surface area contributed by atoms with Crippen LogP contribution in [0, 0.1) is 0 Å². The lowest BCUT2D eigenvalue weighted by Gasteiger charge is -2.36. The van der Waals surface area contributed by atoms with Crippen LogP contribution in [0.4, 0.5) is 0 Å². The highest BCUT2D eigenvalue weighted by Crippen LogP contribution is 2.13. The van der Waals surface area contributed by atoms with E-state index in [1.807, 2.05) is 0 Å². The Morgan fingerprint density at radius 2 is 2.23 bits per heavy atom. The molecule has 22 heavy (non-hydrogen) atoms. The van der Waals surface area contributed by atoms with Gasteiger partial charge in [-0.3, -0.25) is 9.58 Å². The van der Waals surface area contributed by atoms with Crippen LogP contribution in [0.2, 0.25) is 5.02 Å². The molecule has 2 atom stereocenters. The number of β-amino-alcohol motifs (C(OH)–C–C–N with tert-alkyl or cyclic N) is 1. The topological polar surface area (TPSA) is 90.7 Å². The molecule has 1 saturated heterocycles. The monoisotopic (exact) mass is 351 g/mol. The zero-order valence-corrected chi connectivity index (χ0v) is 14.3. The number of piperidine rings is 1. The lowest BCUT2D eigenvalue weighted by molar-refractivity contribution is 0.0458. The Bertz CT molecular complexity index is 591. The van der Waals surface area contributed by atoms with Crippen molar-refractivity contribution in [3.8, 4) is 0 Å². The fourth-order valence-corrected chi connectivity index (χ4v) is 3.36. The van der Waals surface area contributed by atoms with E-state index in [9.17, 15) is 13.5 Å². The van der Waals surface area contributed by atoms with Crippen molar-refractivity contribution >= 4 is 21.8 Å². The zero-order valence-electron chi connectivity index (χ0n) is 12.7. The molecule has 1 aromatic heterocycles. The molecule has 2 heterocycles. The van der Waals surface area contributed by atoms with E-state index in [1.54, 1.807) is 17.1 Å². The zero-order chi connectivity index (χ0) is 16.3. The van der Waals surface area contributed by atoms with Crippen LogP contribution in [-0.4, -0.2) is 78.4 Å². The van der Waals surface area contributed by atoms with Gasteiger partial charge in [-0.2, -0.15) is 22.5 Å². The van der Waals surface area contributed by atoms with Crippen LogP contribution in [0.1, 0.15) is 6.42 Å². The molecule has 0 aliphatic carbocycles. The maximum atomic E-state index is 11.8. The summed E-state index contributed by atoms with van der Waals surface area (Å²) in [7, 11) is -0.610. The highest BCUT2D eigenvalue weighted by molar-refractivity contribution is 7.87. The van der Waals surface area contributed by atoms with Crippen molar-refractivity contribution in [1.82, 2.24) is 23.7 Å². The number of aliphatic hydroxyl groups excluding tert-OH is 1. The maximum Gasteiger partial charge on any atom is 0.279 e. The summed E-state index contributed by atoms with van der Waals surface area (Å²) in [5.41, 5.74) is 0. The number of hydrogen-bond donors (Lipinski definition) is 2. The minimum atomic E-state index is -3.52. The molecule has 0 amide bonds. The number of nitrogens with zero attached hydrogens (tertiary/aromatic N) is 4. The Morgan fingerprint density at radius 3 is 2.77 bits per heavy atom. The number of rotatable bonds is 6. The van der Waals surface area contributed by atoms with Gasteiger partial charge in [0.15, 0.2) is 0 Å². The second-order valence-electron chi connectivity index (χ2n) is 5.59. The van der Waals surface area contributed by atoms with E-state index in [4.69, 9.17) is 11.6 Å². The highest BCUT2D eigenvalue weighted by Gasteiger charge is 2.31. The van der Waals surface area contributed by atoms with Gasteiger partial charge in [0.2, 0.25) is 0 Å². The highest BCUT2D eigenvalue weighted by atomic mass is 35.5. The minimum absolute atomic E-state index is 0.426. The molecule has 1 aliphatic heterocycles. The fourth-order valence-electron chi connectivity index (χ4n) is 2.34. The molecule has 1 aromatic rings. The van der Waals surface area contributed by atoms with Crippen molar-refractivity contribution in [2.75, 3.05) is 33.7 Å². The van der Waals surface area contributed by atoms with Crippen LogP contribution in [0.3, 0.4) is 0 Å². The number of likely N-dealkylation sites (tertiary alicyclic amines) is 1. The molecule has 0 unspecified atom stereocenters. The molecule has 2 N–H and O–H groups in total. The molecule has 0 radical (unpaired) electrons. The SMILES string of the molecule is CN(C)S(=O)(=O)N[C@@H]1CCN(CCn2cc(Cl)cn2)C[C@H]1O. The van der Waals surface area contributed by atoms with E-state index in [2.05, 4.69) is 14.7 Å². The molecule has 8 nitrogen and oxygen atoms in total. The van der Waals surface area contributed by atoms with Crippen LogP contribution in [0.15, 0.2) is 12.4 Å². The fraction of sp³-hybridized carbons (Fsp3) is 0.750. The quantitative estimate of drug-likeness (QED) is 0.712. The summed E-state index contributed by atoms with van der Waals surface area (Å²) in [6, 6.07) is -0.456. The van der Waals surface area contributed by atoms with E-state index in [0.29, 0.717) is 31.1 Å². The third-order valence-corrected chi connectivity index (χ3v) is 5.45. The second-order valence-corrected chi connectivity index (χ2v) is 7.94. The number of hydrogen-bond acceptors (Lipinski definition) is 5. The first kappa shape index (κ1) is 17.6. The first-order valence-electron chi connectivity index (χ1n) is 7.06. The first-order valence-corrected chi connectivity index (χ1v) is 8.88. The van der Waals surface area contributed by atoms with Gasteiger partial charge in [0.25, 0.3) is 10.2 Å². The van der Waals surface area contributed by atoms with Gasteiger partial charge in [0, 0.05) is 33.4 Å². The van der Waals surface area contributed by atoms with E-state index in [1.165, 1.54) is 14.1 Å². The molecule has 126 valence electrons. The third kappa shape index (κ3) is 4.64. The third-order valence-electron chi connectivity index (χ3n) is 3.69. The molecule has 0 bridgehead atoms. The van der Waals surface area contributed by atoms with E-state index >= 15 is 0 Å². The summed E-state index contributed by atoms with van der Waals surface area (Å²) in [6.07, 6.45) is 3.16. The largest absolute Gasteiger partial charge is 0.390 e. The summed E-state index contributed by atoms with van der Waals surface area (Å²) in [5.74, 6) is 0. The average Bonchev–Trinajstić information content (AvgIpc) is 2.85. The van der Waals surface area contributed by atoms with E-state index < -0.39 is 22.4 Å². The normalized spacial score (nSPS) is 24.0. The minimum Gasteiger partial charge on any atom is -0.390 e. The van der Waals surface area contributed by atoms with Gasteiger partial charge in [-0.1, -0.05) is 11.6 Å². The summed E-state index contributed by atoms with van der Waals surface area (Å²) in [5, 5.41) is 14.8. The van der Waals surface area contributed by atoms with Gasteiger partial charge in [-0.05, 0) is 13.0 Å². The van der Waals surface area contributed by atoms with E-state index in [0.717, 1.165) is 10.8 Å². The lowest BCUT2D eigenvalue weighted by Crippen LogP contribution is -2.56. The van der Waals surface area contributed by atoms with Crippen molar-refractivity contribution in [3.63, 3.8) is 0 Å². The van der Waals surface area contributed by atoms with E-state index in [-0.39, 0.29) is 0 Å². The summed E-state index contributed by atoms with van der Waals surface area (Å²) >= 11 is 5.81. The first-order chi connectivity index (χ1) is 10.3. The molecular weight excluding hydrogens is 330 g/mol. The van der Waals surface area contributed by atoms with Crippen molar-refractivity contribution in [2.24, 2.45) is 0 Å². The molecule has 2 rings (SSSR count). The van der Waals surface area contributed by atoms with Crippen molar-refractivity contribution in [1.29, 1.82) is 0 Å². The van der Waals surface area contributed by atoms with Crippen molar-refractivity contribution < 1.29 is 13.5 Å². The Morgan fingerprint density at radius 1 is 1.50 bits per heavy atom. The van der Waals surface area contributed by atoms with Crippen LogP contribution in [0.25, 0.3) is 0 Å². The molecular formula is C12H22ClN5O3S. The molecule has 0 saturated carbocycles. The number of halogens is 1. The van der Waals surface area contributed by atoms with Crippen LogP contribution in [-0.2, 0) is 16.8 Å². The van der Waals surface area contributed by atoms with Gasteiger partial charge >= 0.3 is 0 Å². The maximum absolute atomic E-state index is 11.8. The molecule has 1 fully saturated rings. The summed E-state index contributed by atoms with van der Waals surface area (Å²) in [6.45, 7) is 2.54. The molecule has 10 heteroatoms. The van der Waals surface area contributed by atoms with Crippen LogP contribution in [0.5, 0.6) is 0 Å².